The van der Waals surface area contributed by atoms with E-state index in [1.54, 1.807) is 0 Å². The molecule has 31 heavy (non-hydrogen) atoms. The highest BCUT2D eigenvalue weighted by Crippen LogP contribution is 2.20. The number of hydrogen-bond acceptors (Lipinski definition) is 4. The van der Waals surface area contributed by atoms with E-state index in [1.807, 2.05) is 21.1 Å². The molecule has 1 unspecified atom stereocenters. The monoisotopic (exact) mass is 463 g/mol. The molecule has 6 heteroatoms. The molecule has 1 N–H and O–H groups in total. The van der Waals surface area contributed by atoms with Crippen molar-refractivity contribution in [1.82, 2.24) is 0 Å². The summed E-state index contributed by atoms with van der Waals surface area (Å²) >= 11 is 0. The summed E-state index contributed by atoms with van der Waals surface area (Å²) in [6, 6.07) is 0. The third kappa shape index (κ3) is 19.7. The Bertz CT molecular complexity index is 465. The van der Waals surface area contributed by atoms with Crippen LogP contribution in [0.15, 0.2) is 0 Å². The first-order valence-electron chi connectivity index (χ1n) is 12.4. The fourth-order valence-electron chi connectivity index (χ4n) is 4.16. The van der Waals surface area contributed by atoms with Gasteiger partial charge in [-0.1, -0.05) is 96.8 Å². The number of likely N-dealkylation sites (N-methyl/N-ethyl adjacent to an activating group) is 1. The van der Waals surface area contributed by atoms with Gasteiger partial charge in [-0.3, -0.25) is 4.79 Å². The number of ketones is 1. The lowest BCUT2D eigenvalue weighted by molar-refractivity contribution is -0.875. The van der Waals surface area contributed by atoms with Crippen molar-refractivity contribution in [3.05, 3.63) is 0 Å². The minimum absolute atomic E-state index is 0. The molecule has 0 aromatic heterocycles. The van der Waals surface area contributed by atoms with E-state index in [1.165, 1.54) is 77.0 Å². The van der Waals surface area contributed by atoms with Crippen LogP contribution in [0.3, 0.4) is 0 Å². The minimum atomic E-state index is -1.83. The van der Waals surface area contributed by atoms with Crippen LogP contribution in [0.25, 0.3) is 0 Å². The first-order chi connectivity index (χ1) is 14.1. The SMILES string of the molecule is CCCCCCCCCCCCCCCCCC(=O)C(O)(CC(=O)[O-])C[N+](C)(C)C.Cl. The third-order valence-corrected chi connectivity index (χ3v) is 5.70. The van der Waals surface area contributed by atoms with Gasteiger partial charge in [0.1, 0.15) is 6.54 Å². The van der Waals surface area contributed by atoms with Crippen molar-refractivity contribution in [2.24, 2.45) is 0 Å². The molecule has 0 saturated carbocycles. The number of rotatable bonds is 21. The number of hydrogen-bond donors (Lipinski definition) is 1. The predicted octanol–water partition coefficient (Wildman–Crippen LogP) is 4.82. The van der Waals surface area contributed by atoms with Gasteiger partial charge >= 0.3 is 0 Å². The van der Waals surface area contributed by atoms with Crippen LogP contribution in [-0.2, 0) is 9.59 Å². The maximum Gasteiger partial charge on any atom is 0.177 e. The molecule has 1 atom stereocenters. The molecule has 0 radical (unpaired) electrons. The molecule has 0 aromatic rings. The maximum atomic E-state index is 12.5. The van der Waals surface area contributed by atoms with E-state index < -0.39 is 18.0 Å². The van der Waals surface area contributed by atoms with E-state index in [0.29, 0.717) is 10.9 Å². The number of carboxylic acids is 1. The predicted molar refractivity (Wildman–Crippen MR) is 129 cm³/mol. The molecule has 0 saturated heterocycles. The fraction of sp³-hybridized carbons (Fsp3) is 0.920. The molecule has 0 bridgehead atoms. The lowest BCUT2D eigenvalue weighted by Gasteiger charge is -2.34. The van der Waals surface area contributed by atoms with E-state index in [4.69, 9.17) is 0 Å². The zero-order valence-electron chi connectivity index (χ0n) is 20.8. The van der Waals surface area contributed by atoms with Crippen LogP contribution in [-0.4, -0.2) is 54.6 Å². The number of unbranched alkanes of at least 4 members (excludes halogenated alkanes) is 14. The molecule has 0 fully saturated rings. The van der Waals surface area contributed by atoms with Crippen LogP contribution in [0.5, 0.6) is 0 Å². The molecule has 186 valence electrons. The van der Waals surface area contributed by atoms with Gasteiger partial charge in [0.2, 0.25) is 0 Å². The smallest absolute Gasteiger partial charge is 0.177 e. The van der Waals surface area contributed by atoms with Crippen LogP contribution in [0.1, 0.15) is 116 Å². The van der Waals surface area contributed by atoms with Crippen molar-refractivity contribution in [3.63, 3.8) is 0 Å². The van der Waals surface area contributed by atoms with E-state index in [0.717, 1.165) is 12.8 Å². The van der Waals surface area contributed by atoms with Gasteiger partial charge in [-0.15, -0.1) is 12.4 Å². The highest BCUT2D eigenvalue weighted by atomic mass is 35.5. The minimum Gasteiger partial charge on any atom is -0.550 e. The van der Waals surface area contributed by atoms with Crippen LogP contribution in [0.2, 0.25) is 0 Å². The number of carboxylic acid groups (broad SMARTS) is 1. The molecule has 0 amide bonds. The van der Waals surface area contributed by atoms with Gasteiger partial charge in [0, 0.05) is 18.8 Å². The summed E-state index contributed by atoms with van der Waals surface area (Å²) in [5, 5.41) is 21.6. The molecule has 0 heterocycles. The largest absolute Gasteiger partial charge is 0.550 e. The molecule has 0 spiro atoms. The number of Topliss-reactive ketones (excluding diaryl/α,β-unsaturated/α-hetero) is 1. The molecule has 0 aromatic carbocycles. The van der Waals surface area contributed by atoms with Crippen molar-refractivity contribution in [2.45, 2.75) is 122 Å². The van der Waals surface area contributed by atoms with E-state index in [9.17, 15) is 19.8 Å². The summed E-state index contributed by atoms with van der Waals surface area (Å²) in [7, 11) is 5.50. The Morgan fingerprint density at radius 2 is 1.10 bits per heavy atom. The molecular formula is C25H50ClNO4. The first-order valence-corrected chi connectivity index (χ1v) is 12.4. The topological polar surface area (TPSA) is 77.4 Å². The number of halogens is 1. The second-order valence-electron chi connectivity index (χ2n) is 10.2. The quantitative estimate of drug-likeness (QED) is 0.195. The number of carbonyl (C=O) groups is 2. The van der Waals surface area contributed by atoms with Gasteiger partial charge in [0.25, 0.3) is 0 Å². The lowest BCUT2D eigenvalue weighted by Crippen LogP contribution is -2.56. The van der Waals surface area contributed by atoms with Gasteiger partial charge < -0.3 is 19.5 Å². The molecule has 5 nitrogen and oxygen atoms in total. The van der Waals surface area contributed by atoms with Crippen LogP contribution in [0.4, 0.5) is 0 Å². The molecule has 0 aliphatic carbocycles. The zero-order valence-corrected chi connectivity index (χ0v) is 21.6. The Kier molecular flexibility index (Phi) is 19.8. The van der Waals surface area contributed by atoms with Crippen LogP contribution in [0, 0.1) is 0 Å². The number of quaternary nitrogens is 1. The fourth-order valence-corrected chi connectivity index (χ4v) is 4.16. The summed E-state index contributed by atoms with van der Waals surface area (Å²) in [5.41, 5.74) is -1.83. The van der Waals surface area contributed by atoms with E-state index in [2.05, 4.69) is 6.92 Å². The van der Waals surface area contributed by atoms with Gasteiger partial charge in [-0.25, -0.2) is 0 Å². The Balaban J connectivity index is 0. The van der Waals surface area contributed by atoms with Gasteiger partial charge in [-0.2, -0.15) is 0 Å². The molecule has 0 rings (SSSR count). The Morgan fingerprint density at radius 1 is 0.742 bits per heavy atom. The van der Waals surface area contributed by atoms with Crippen molar-refractivity contribution < 1.29 is 24.3 Å². The highest BCUT2D eigenvalue weighted by Gasteiger charge is 2.40. The Hall–Kier alpha value is -0.650. The number of aliphatic hydroxyl groups is 1. The normalized spacial score (nSPS) is 13.5. The number of aliphatic carboxylic acids is 1. The summed E-state index contributed by atoms with van der Waals surface area (Å²) in [6.45, 7) is 2.34. The lowest BCUT2D eigenvalue weighted by atomic mass is 9.89. The summed E-state index contributed by atoms with van der Waals surface area (Å²) in [6.07, 6.45) is 18.4. The van der Waals surface area contributed by atoms with E-state index >= 15 is 0 Å². The molecular weight excluding hydrogens is 414 g/mol. The number of nitrogens with zero attached hydrogens (tertiary/aromatic N) is 1. The average Bonchev–Trinajstić information content (AvgIpc) is 2.62. The maximum absolute atomic E-state index is 12.5. The van der Waals surface area contributed by atoms with Gasteiger partial charge in [-0.05, 0) is 6.42 Å². The highest BCUT2D eigenvalue weighted by molar-refractivity contribution is 5.90. The van der Waals surface area contributed by atoms with Crippen molar-refractivity contribution in [3.8, 4) is 0 Å². The van der Waals surface area contributed by atoms with Crippen LogP contribution >= 0.6 is 12.4 Å². The van der Waals surface area contributed by atoms with Crippen molar-refractivity contribution in [2.75, 3.05) is 27.7 Å². The standard InChI is InChI=1S/C25H49NO4.ClH/c1-5-6-7-8-9-10-11-12-13-14-15-16-17-18-19-20-23(27)25(30,21-24(28)29)22-26(2,3)4;/h30H,5-22H2,1-4H3;1H. The van der Waals surface area contributed by atoms with Gasteiger partial charge in [0.05, 0.1) is 21.1 Å². The van der Waals surface area contributed by atoms with E-state index in [-0.39, 0.29) is 31.2 Å². The Labute approximate surface area is 198 Å². The number of carbonyl (C=O) groups excluding carboxylic acids is 2. The molecule has 0 aliphatic heterocycles. The average molecular weight is 464 g/mol. The summed E-state index contributed by atoms with van der Waals surface area (Å²) in [5.74, 6) is -1.75. The van der Waals surface area contributed by atoms with Crippen LogP contribution < -0.4 is 5.11 Å². The second-order valence-corrected chi connectivity index (χ2v) is 10.2. The zero-order chi connectivity index (χ0) is 22.9. The Morgan fingerprint density at radius 3 is 1.42 bits per heavy atom. The second kappa shape index (κ2) is 18.9. The molecule has 0 aliphatic rings. The summed E-state index contributed by atoms with van der Waals surface area (Å²) < 4.78 is 0.328. The van der Waals surface area contributed by atoms with Crippen molar-refractivity contribution in [1.29, 1.82) is 0 Å². The van der Waals surface area contributed by atoms with Gasteiger partial charge in [0.15, 0.2) is 11.4 Å². The summed E-state index contributed by atoms with van der Waals surface area (Å²) in [4.78, 5) is 23.4. The van der Waals surface area contributed by atoms with Crippen molar-refractivity contribution >= 4 is 24.2 Å². The first kappa shape index (κ1) is 32.5. The third-order valence-electron chi connectivity index (χ3n) is 5.70.